The Morgan fingerprint density at radius 3 is 2.38 bits per heavy atom. The van der Waals surface area contributed by atoms with E-state index in [9.17, 15) is 9.90 Å². The van der Waals surface area contributed by atoms with E-state index in [4.69, 9.17) is 9.47 Å². The van der Waals surface area contributed by atoms with Crippen molar-refractivity contribution < 1.29 is 19.4 Å². The van der Waals surface area contributed by atoms with E-state index < -0.39 is 0 Å². The minimum absolute atomic E-state index is 0.00602. The highest BCUT2D eigenvalue weighted by atomic mass is 16.5. The summed E-state index contributed by atoms with van der Waals surface area (Å²) >= 11 is 0. The van der Waals surface area contributed by atoms with E-state index >= 15 is 0 Å². The number of aromatic nitrogens is 1. The maximum absolute atomic E-state index is 13.0. The van der Waals surface area contributed by atoms with Gasteiger partial charge in [-0.3, -0.25) is 14.7 Å². The molecule has 0 aliphatic carbocycles. The molecule has 0 unspecified atom stereocenters. The summed E-state index contributed by atoms with van der Waals surface area (Å²) in [6.45, 7) is 3.94. The van der Waals surface area contributed by atoms with Crippen molar-refractivity contribution in [2.75, 3.05) is 18.1 Å². The molecule has 1 amide bonds. The van der Waals surface area contributed by atoms with Gasteiger partial charge >= 0.3 is 0 Å². The van der Waals surface area contributed by atoms with Crippen LogP contribution in [0.3, 0.4) is 0 Å². The number of phenols is 1. The number of pyridine rings is 1. The Kier molecular flexibility index (Phi) is 6.84. The Labute approximate surface area is 169 Å². The van der Waals surface area contributed by atoms with Crippen molar-refractivity contribution >= 4 is 11.6 Å². The second kappa shape index (κ2) is 9.94. The summed E-state index contributed by atoms with van der Waals surface area (Å²) in [6.07, 6.45) is 3.29. The lowest BCUT2D eigenvalue weighted by Gasteiger charge is -2.23. The SMILES string of the molecule is C=CCOc1ccccc1OCC(=O)N(Cc1ccccn1)c1ccccc1O. The summed E-state index contributed by atoms with van der Waals surface area (Å²) < 4.78 is 11.3. The first-order chi connectivity index (χ1) is 14.2. The minimum atomic E-state index is -0.323. The van der Waals surface area contributed by atoms with Crippen LogP contribution in [0.1, 0.15) is 5.69 Å². The molecule has 148 valence electrons. The van der Waals surface area contributed by atoms with Crippen molar-refractivity contribution in [3.05, 3.63) is 91.3 Å². The van der Waals surface area contributed by atoms with Gasteiger partial charge in [0.2, 0.25) is 0 Å². The molecule has 6 nitrogen and oxygen atoms in total. The standard InChI is InChI=1S/C23H22N2O4/c1-2-15-28-21-12-5-6-13-22(21)29-17-23(27)25(16-18-9-7-8-14-24-18)19-10-3-4-11-20(19)26/h2-14,26H,1,15-17H2. The number of amides is 1. The fourth-order valence-corrected chi connectivity index (χ4v) is 2.71. The van der Waals surface area contributed by atoms with E-state index in [0.29, 0.717) is 29.5 Å². The molecule has 1 aromatic heterocycles. The number of para-hydroxylation sites is 4. The third-order valence-corrected chi connectivity index (χ3v) is 4.08. The molecule has 0 radical (unpaired) electrons. The van der Waals surface area contributed by atoms with E-state index in [1.54, 1.807) is 54.7 Å². The lowest BCUT2D eigenvalue weighted by atomic mass is 10.2. The first-order valence-electron chi connectivity index (χ1n) is 9.13. The number of nitrogens with zero attached hydrogens (tertiary/aromatic N) is 2. The maximum Gasteiger partial charge on any atom is 0.265 e. The normalized spacial score (nSPS) is 10.2. The number of hydrogen-bond donors (Lipinski definition) is 1. The molecule has 1 N–H and O–H groups in total. The number of anilines is 1. The molecule has 2 aromatic carbocycles. The molecule has 0 aliphatic rings. The second-order valence-electron chi connectivity index (χ2n) is 6.12. The van der Waals surface area contributed by atoms with Gasteiger partial charge in [-0.25, -0.2) is 0 Å². The average molecular weight is 390 g/mol. The zero-order chi connectivity index (χ0) is 20.5. The monoisotopic (exact) mass is 390 g/mol. The molecule has 29 heavy (non-hydrogen) atoms. The highest BCUT2D eigenvalue weighted by Crippen LogP contribution is 2.29. The summed E-state index contributed by atoms with van der Waals surface area (Å²) in [4.78, 5) is 18.7. The van der Waals surface area contributed by atoms with E-state index in [-0.39, 0.29) is 24.8 Å². The van der Waals surface area contributed by atoms with Crippen LogP contribution in [0.2, 0.25) is 0 Å². The molecule has 0 fully saturated rings. The molecule has 0 bridgehead atoms. The average Bonchev–Trinajstić information content (AvgIpc) is 2.76. The van der Waals surface area contributed by atoms with E-state index in [2.05, 4.69) is 11.6 Å². The fraction of sp³-hybridized carbons (Fsp3) is 0.130. The molecule has 3 aromatic rings. The third kappa shape index (κ3) is 5.35. The third-order valence-electron chi connectivity index (χ3n) is 4.08. The lowest BCUT2D eigenvalue weighted by molar-refractivity contribution is -0.120. The van der Waals surface area contributed by atoms with E-state index in [1.165, 1.54) is 11.0 Å². The van der Waals surface area contributed by atoms with Crippen LogP contribution in [-0.2, 0) is 11.3 Å². The van der Waals surface area contributed by atoms with E-state index in [1.807, 2.05) is 18.2 Å². The van der Waals surface area contributed by atoms with Gasteiger partial charge in [-0.1, -0.05) is 43.0 Å². The van der Waals surface area contributed by atoms with Crippen molar-refractivity contribution in [3.8, 4) is 17.2 Å². The van der Waals surface area contributed by atoms with Gasteiger partial charge in [-0.15, -0.1) is 0 Å². The Morgan fingerprint density at radius 2 is 1.69 bits per heavy atom. The summed E-state index contributed by atoms with van der Waals surface area (Å²) in [6, 6.07) is 19.3. The van der Waals surface area contributed by atoms with Crippen LogP contribution in [0.25, 0.3) is 0 Å². The number of ether oxygens (including phenoxy) is 2. The van der Waals surface area contributed by atoms with Crippen molar-refractivity contribution in [1.82, 2.24) is 4.98 Å². The lowest BCUT2D eigenvalue weighted by Crippen LogP contribution is -2.35. The van der Waals surface area contributed by atoms with Gasteiger partial charge in [0.05, 0.1) is 17.9 Å². The quantitative estimate of drug-likeness (QED) is 0.560. The predicted molar refractivity (Wildman–Crippen MR) is 111 cm³/mol. The number of hydrogen-bond acceptors (Lipinski definition) is 5. The van der Waals surface area contributed by atoms with Gasteiger partial charge in [0.15, 0.2) is 18.1 Å². The molecular weight excluding hydrogens is 368 g/mol. The van der Waals surface area contributed by atoms with Crippen LogP contribution in [-0.4, -0.2) is 29.2 Å². The highest BCUT2D eigenvalue weighted by Gasteiger charge is 2.20. The summed E-state index contributed by atoms with van der Waals surface area (Å²) in [7, 11) is 0. The van der Waals surface area contributed by atoms with Gasteiger partial charge < -0.3 is 14.6 Å². The Bertz CT molecular complexity index is 960. The largest absolute Gasteiger partial charge is 0.506 e. The van der Waals surface area contributed by atoms with Gasteiger partial charge in [-0.05, 0) is 36.4 Å². The van der Waals surface area contributed by atoms with Gasteiger partial charge in [-0.2, -0.15) is 0 Å². The number of carbonyl (C=O) groups excluding carboxylic acids is 1. The smallest absolute Gasteiger partial charge is 0.265 e. The van der Waals surface area contributed by atoms with Crippen molar-refractivity contribution in [2.45, 2.75) is 6.54 Å². The van der Waals surface area contributed by atoms with Crippen LogP contribution < -0.4 is 14.4 Å². The van der Waals surface area contributed by atoms with Gasteiger partial charge in [0, 0.05) is 6.20 Å². The number of phenolic OH excluding ortho intramolecular Hbond substituents is 1. The van der Waals surface area contributed by atoms with Crippen LogP contribution >= 0.6 is 0 Å². The summed E-state index contributed by atoms with van der Waals surface area (Å²) in [5, 5.41) is 10.2. The molecule has 0 saturated heterocycles. The van der Waals surface area contributed by atoms with Gasteiger partial charge in [0.25, 0.3) is 5.91 Å². The number of aromatic hydroxyl groups is 1. The van der Waals surface area contributed by atoms with Crippen LogP contribution in [0, 0.1) is 0 Å². The Hall–Kier alpha value is -3.80. The molecular formula is C23H22N2O4. The Morgan fingerprint density at radius 1 is 1.00 bits per heavy atom. The molecule has 3 rings (SSSR count). The summed E-state index contributed by atoms with van der Waals surface area (Å²) in [5.41, 5.74) is 1.08. The predicted octanol–water partition coefficient (Wildman–Crippen LogP) is 3.96. The highest BCUT2D eigenvalue weighted by molar-refractivity contribution is 5.95. The van der Waals surface area contributed by atoms with Crippen LogP contribution in [0.4, 0.5) is 5.69 Å². The summed E-state index contributed by atoms with van der Waals surface area (Å²) in [5.74, 6) is 0.666. The molecule has 6 heteroatoms. The Balaban J connectivity index is 1.79. The van der Waals surface area contributed by atoms with Crippen molar-refractivity contribution in [1.29, 1.82) is 0 Å². The minimum Gasteiger partial charge on any atom is -0.506 e. The number of benzene rings is 2. The van der Waals surface area contributed by atoms with E-state index in [0.717, 1.165) is 0 Å². The molecule has 0 saturated carbocycles. The second-order valence-corrected chi connectivity index (χ2v) is 6.12. The maximum atomic E-state index is 13.0. The van der Waals surface area contributed by atoms with Crippen molar-refractivity contribution in [2.24, 2.45) is 0 Å². The first kappa shape index (κ1) is 19.9. The molecule has 0 atom stereocenters. The molecule has 0 aliphatic heterocycles. The first-order valence-corrected chi connectivity index (χ1v) is 9.13. The van der Waals surface area contributed by atoms with Crippen LogP contribution in [0.5, 0.6) is 17.2 Å². The van der Waals surface area contributed by atoms with Gasteiger partial charge in [0.1, 0.15) is 12.4 Å². The number of rotatable bonds is 9. The zero-order valence-electron chi connectivity index (χ0n) is 15.9. The molecule has 1 heterocycles. The number of carbonyl (C=O) groups is 1. The fourth-order valence-electron chi connectivity index (χ4n) is 2.71. The topological polar surface area (TPSA) is 71.9 Å². The zero-order valence-corrected chi connectivity index (χ0v) is 15.9. The molecule has 0 spiro atoms. The van der Waals surface area contributed by atoms with Crippen LogP contribution in [0.15, 0.2) is 85.6 Å². The van der Waals surface area contributed by atoms with Crippen molar-refractivity contribution in [3.63, 3.8) is 0 Å².